The summed E-state index contributed by atoms with van der Waals surface area (Å²) in [7, 11) is 0. The molecule has 172 valence electrons. The van der Waals surface area contributed by atoms with Crippen LogP contribution in [0.15, 0.2) is 33.7 Å². The highest BCUT2D eigenvalue weighted by Gasteiger charge is 2.29. The first-order valence-electron chi connectivity index (χ1n) is 11.7. The minimum absolute atomic E-state index is 0.00310. The molecule has 2 aromatic rings. The number of amides is 2. The van der Waals surface area contributed by atoms with Crippen LogP contribution in [0.2, 0.25) is 0 Å². The SMILES string of the molecule is Cc1noc(C2CCCN(C(=O)c3ccccc3SCC(=O)NCC3CCCCC3)C2)n1. The molecule has 1 aromatic heterocycles. The molecule has 0 bridgehead atoms. The predicted octanol–water partition coefficient (Wildman–Crippen LogP) is 4.19. The smallest absolute Gasteiger partial charge is 0.255 e. The maximum Gasteiger partial charge on any atom is 0.255 e. The summed E-state index contributed by atoms with van der Waals surface area (Å²) in [5.74, 6) is 2.26. The average Bonchev–Trinajstić information content (AvgIpc) is 3.28. The van der Waals surface area contributed by atoms with Crippen LogP contribution in [0.3, 0.4) is 0 Å². The number of carbonyl (C=O) groups is 2. The normalized spacial score (nSPS) is 19.7. The van der Waals surface area contributed by atoms with E-state index in [2.05, 4.69) is 15.5 Å². The topological polar surface area (TPSA) is 88.3 Å². The predicted molar refractivity (Wildman–Crippen MR) is 124 cm³/mol. The van der Waals surface area contributed by atoms with Gasteiger partial charge in [-0.1, -0.05) is 36.6 Å². The van der Waals surface area contributed by atoms with E-state index in [0.29, 0.717) is 42.0 Å². The fourth-order valence-corrected chi connectivity index (χ4v) is 5.50. The Hall–Kier alpha value is -2.35. The van der Waals surface area contributed by atoms with Gasteiger partial charge in [-0.3, -0.25) is 9.59 Å². The standard InChI is InChI=1S/C24H32N4O3S/c1-17-26-23(31-27-17)19-10-7-13-28(15-19)24(30)20-11-5-6-12-21(20)32-16-22(29)25-14-18-8-3-2-4-9-18/h5-6,11-12,18-19H,2-4,7-10,13-16H2,1H3,(H,25,29). The zero-order chi connectivity index (χ0) is 22.3. The molecule has 0 spiro atoms. The highest BCUT2D eigenvalue weighted by atomic mass is 32.2. The first-order valence-corrected chi connectivity index (χ1v) is 12.7. The Balaban J connectivity index is 1.33. The number of thioether (sulfide) groups is 1. The lowest BCUT2D eigenvalue weighted by Gasteiger charge is -2.31. The van der Waals surface area contributed by atoms with Gasteiger partial charge in [-0.2, -0.15) is 4.98 Å². The third-order valence-electron chi connectivity index (χ3n) is 6.39. The molecular formula is C24H32N4O3S. The monoisotopic (exact) mass is 456 g/mol. The minimum atomic E-state index is -0.00310. The number of nitrogens with zero attached hydrogens (tertiary/aromatic N) is 3. The van der Waals surface area contributed by atoms with Crippen molar-refractivity contribution in [2.24, 2.45) is 5.92 Å². The third kappa shape index (κ3) is 5.91. The van der Waals surface area contributed by atoms with E-state index in [1.807, 2.05) is 29.2 Å². The Labute approximate surface area is 193 Å². The number of hydrogen-bond acceptors (Lipinski definition) is 6. The lowest BCUT2D eigenvalue weighted by molar-refractivity contribution is -0.118. The molecule has 32 heavy (non-hydrogen) atoms. The molecule has 2 fully saturated rings. The maximum atomic E-state index is 13.3. The number of rotatable bonds is 7. The lowest BCUT2D eigenvalue weighted by atomic mass is 9.89. The number of likely N-dealkylation sites (tertiary alicyclic amines) is 1. The summed E-state index contributed by atoms with van der Waals surface area (Å²) in [5, 5.41) is 6.97. The molecule has 1 aromatic carbocycles. The van der Waals surface area contributed by atoms with Crippen molar-refractivity contribution in [1.82, 2.24) is 20.4 Å². The van der Waals surface area contributed by atoms with Gasteiger partial charge in [-0.05, 0) is 50.7 Å². The van der Waals surface area contributed by atoms with E-state index in [0.717, 1.165) is 24.3 Å². The molecule has 1 saturated carbocycles. The number of hydrogen-bond donors (Lipinski definition) is 1. The Bertz CT molecular complexity index is 925. The van der Waals surface area contributed by atoms with Crippen LogP contribution in [0.5, 0.6) is 0 Å². The molecule has 1 aliphatic carbocycles. The summed E-state index contributed by atoms with van der Waals surface area (Å²) in [6, 6.07) is 7.57. The Morgan fingerprint density at radius 1 is 1.16 bits per heavy atom. The molecule has 7 nitrogen and oxygen atoms in total. The van der Waals surface area contributed by atoms with Crippen LogP contribution in [0.25, 0.3) is 0 Å². The van der Waals surface area contributed by atoms with Crippen molar-refractivity contribution < 1.29 is 14.1 Å². The van der Waals surface area contributed by atoms with Gasteiger partial charge in [-0.15, -0.1) is 11.8 Å². The van der Waals surface area contributed by atoms with E-state index >= 15 is 0 Å². The van der Waals surface area contributed by atoms with E-state index in [4.69, 9.17) is 4.52 Å². The van der Waals surface area contributed by atoms with Gasteiger partial charge >= 0.3 is 0 Å². The second-order valence-electron chi connectivity index (χ2n) is 8.86. The number of nitrogens with one attached hydrogen (secondary N) is 1. The van der Waals surface area contributed by atoms with Crippen molar-refractivity contribution in [3.63, 3.8) is 0 Å². The second-order valence-corrected chi connectivity index (χ2v) is 9.88. The first kappa shape index (κ1) is 22.8. The molecule has 8 heteroatoms. The molecule has 0 radical (unpaired) electrons. The molecule has 4 rings (SSSR count). The largest absolute Gasteiger partial charge is 0.355 e. The van der Waals surface area contributed by atoms with Gasteiger partial charge < -0.3 is 14.7 Å². The van der Waals surface area contributed by atoms with E-state index in [-0.39, 0.29) is 17.7 Å². The zero-order valence-corrected chi connectivity index (χ0v) is 19.5. The highest BCUT2D eigenvalue weighted by Crippen LogP contribution is 2.29. The number of aromatic nitrogens is 2. The van der Waals surface area contributed by atoms with Crippen LogP contribution >= 0.6 is 11.8 Å². The van der Waals surface area contributed by atoms with Gasteiger partial charge in [0.1, 0.15) is 0 Å². The number of benzene rings is 1. The average molecular weight is 457 g/mol. The quantitative estimate of drug-likeness (QED) is 0.629. The molecule has 1 saturated heterocycles. The Morgan fingerprint density at radius 3 is 2.75 bits per heavy atom. The number of aryl methyl sites for hydroxylation is 1. The molecule has 2 heterocycles. The summed E-state index contributed by atoms with van der Waals surface area (Å²) in [4.78, 5) is 32.8. The number of carbonyl (C=O) groups excluding carboxylic acids is 2. The first-order chi connectivity index (χ1) is 15.6. The second kappa shape index (κ2) is 11.0. The maximum absolute atomic E-state index is 13.3. The van der Waals surface area contributed by atoms with Crippen molar-refractivity contribution in [3.8, 4) is 0 Å². The van der Waals surface area contributed by atoms with Gasteiger partial charge in [0.25, 0.3) is 5.91 Å². The summed E-state index contributed by atoms with van der Waals surface area (Å²) in [5.41, 5.74) is 0.653. The molecular weight excluding hydrogens is 424 g/mol. The van der Waals surface area contributed by atoms with Crippen molar-refractivity contribution in [2.45, 2.75) is 62.7 Å². The van der Waals surface area contributed by atoms with Crippen LogP contribution in [0.1, 0.15) is 72.9 Å². The molecule has 1 unspecified atom stereocenters. The summed E-state index contributed by atoms with van der Waals surface area (Å²) < 4.78 is 5.35. The molecule has 2 amide bonds. The van der Waals surface area contributed by atoms with Gasteiger partial charge in [0.2, 0.25) is 11.8 Å². The van der Waals surface area contributed by atoms with Crippen molar-refractivity contribution >= 4 is 23.6 Å². The molecule has 1 aliphatic heterocycles. The minimum Gasteiger partial charge on any atom is -0.355 e. The van der Waals surface area contributed by atoms with E-state index in [9.17, 15) is 9.59 Å². The third-order valence-corrected chi connectivity index (χ3v) is 7.46. The number of piperidine rings is 1. The van der Waals surface area contributed by atoms with Crippen molar-refractivity contribution in [1.29, 1.82) is 0 Å². The van der Waals surface area contributed by atoms with Gasteiger partial charge in [0.15, 0.2) is 5.82 Å². The summed E-state index contributed by atoms with van der Waals surface area (Å²) in [6.07, 6.45) is 8.12. The zero-order valence-electron chi connectivity index (χ0n) is 18.7. The van der Waals surface area contributed by atoms with Crippen molar-refractivity contribution in [2.75, 3.05) is 25.4 Å². The van der Waals surface area contributed by atoms with Crippen LogP contribution < -0.4 is 5.32 Å². The van der Waals surface area contributed by atoms with E-state index in [1.54, 1.807) is 6.92 Å². The van der Waals surface area contributed by atoms with Gasteiger partial charge in [0, 0.05) is 24.5 Å². The van der Waals surface area contributed by atoms with Crippen LogP contribution in [-0.2, 0) is 4.79 Å². The van der Waals surface area contributed by atoms with E-state index < -0.39 is 0 Å². The summed E-state index contributed by atoms with van der Waals surface area (Å²) in [6.45, 7) is 3.85. The van der Waals surface area contributed by atoms with Gasteiger partial charge in [0.05, 0.1) is 17.2 Å². The van der Waals surface area contributed by atoms with Crippen LogP contribution in [0, 0.1) is 12.8 Å². The molecule has 2 aliphatic rings. The van der Waals surface area contributed by atoms with Crippen LogP contribution in [-0.4, -0.2) is 52.2 Å². The summed E-state index contributed by atoms with van der Waals surface area (Å²) >= 11 is 1.43. The lowest BCUT2D eigenvalue weighted by Crippen LogP contribution is -2.39. The van der Waals surface area contributed by atoms with E-state index in [1.165, 1.54) is 43.9 Å². The molecule has 1 N–H and O–H groups in total. The van der Waals surface area contributed by atoms with Crippen molar-refractivity contribution in [3.05, 3.63) is 41.5 Å². The fourth-order valence-electron chi connectivity index (χ4n) is 4.63. The fraction of sp³-hybridized carbons (Fsp3) is 0.583. The Kier molecular flexibility index (Phi) is 7.84. The highest BCUT2D eigenvalue weighted by molar-refractivity contribution is 8.00. The van der Waals surface area contributed by atoms with Crippen LogP contribution in [0.4, 0.5) is 0 Å². The van der Waals surface area contributed by atoms with Gasteiger partial charge in [-0.25, -0.2) is 0 Å². The molecule has 1 atom stereocenters. The Morgan fingerprint density at radius 2 is 1.97 bits per heavy atom.